The summed E-state index contributed by atoms with van der Waals surface area (Å²) in [4.78, 5) is 13.7. The minimum absolute atomic E-state index is 0.165. The van der Waals surface area contributed by atoms with Gasteiger partial charge in [-0.3, -0.25) is 4.79 Å². The molecule has 16 heavy (non-hydrogen) atoms. The first-order valence-corrected chi connectivity index (χ1v) is 6.24. The predicted molar refractivity (Wildman–Crippen MR) is 64.0 cm³/mol. The Morgan fingerprint density at radius 2 is 2.25 bits per heavy atom. The van der Waals surface area contributed by atoms with Crippen LogP contribution in [0.1, 0.15) is 33.1 Å². The summed E-state index contributed by atoms with van der Waals surface area (Å²) in [5.74, 6) is -0.211. The normalized spacial score (nSPS) is 26.9. The quantitative estimate of drug-likeness (QED) is 0.708. The molecule has 1 aliphatic carbocycles. The van der Waals surface area contributed by atoms with Gasteiger partial charge in [0, 0.05) is 19.1 Å². The molecule has 1 aliphatic heterocycles. The molecule has 0 aromatic carbocycles. The minimum Gasteiger partial charge on any atom is -0.368 e. The van der Waals surface area contributed by atoms with Crippen LogP contribution in [0.4, 0.5) is 0 Å². The number of nitrogens with two attached hydrogens (primary N) is 1. The second-order valence-electron chi connectivity index (χ2n) is 6.05. The Morgan fingerprint density at radius 3 is 2.69 bits per heavy atom. The van der Waals surface area contributed by atoms with E-state index in [-0.39, 0.29) is 11.9 Å². The number of amides is 1. The molecule has 92 valence electrons. The molecule has 0 spiro atoms. The van der Waals surface area contributed by atoms with Gasteiger partial charge in [0.05, 0.1) is 6.04 Å². The van der Waals surface area contributed by atoms with Gasteiger partial charge in [-0.05, 0) is 31.2 Å². The molecule has 2 fully saturated rings. The first kappa shape index (κ1) is 11.9. The summed E-state index contributed by atoms with van der Waals surface area (Å²) in [6.45, 7) is 7.49. The van der Waals surface area contributed by atoms with Crippen LogP contribution in [0.25, 0.3) is 0 Å². The molecule has 0 aromatic heterocycles. The van der Waals surface area contributed by atoms with Gasteiger partial charge in [0.15, 0.2) is 0 Å². The summed E-state index contributed by atoms with van der Waals surface area (Å²) in [6.07, 6.45) is 3.59. The van der Waals surface area contributed by atoms with Crippen molar-refractivity contribution in [1.29, 1.82) is 0 Å². The lowest BCUT2D eigenvalue weighted by molar-refractivity contribution is -0.120. The molecule has 2 rings (SSSR count). The fraction of sp³-hybridized carbons (Fsp3) is 0.917. The number of hydrogen-bond acceptors (Lipinski definition) is 3. The molecule has 1 unspecified atom stereocenters. The zero-order valence-electron chi connectivity index (χ0n) is 10.3. The number of nitrogens with zero attached hydrogens (tertiary/aromatic N) is 1. The Kier molecular flexibility index (Phi) is 3.22. The van der Waals surface area contributed by atoms with Gasteiger partial charge in [-0.25, -0.2) is 0 Å². The number of nitrogens with one attached hydrogen (secondary N) is 1. The van der Waals surface area contributed by atoms with Crippen molar-refractivity contribution < 1.29 is 4.79 Å². The number of hydrogen-bond donors (Lipinski definition) is 2. The lowest BCUT2D eigenvalue weighted by Gasteiger charge is -2.24. The second kappa shape index (κ2) is 4.34. The fourth-order valence-corrected chi connectivity index (χ4v) is 2.40. The second-order valence-corrected chi connectivity index (χ2v) is 6.05. The highest BCUT2D eigenvalue weighted by atomic mass is 16.1. The first-order chi connectivity index (χ1) is 7.46. The molecule has 1 amide bonds. The van der Waals surface area contributed by atoms with Crippen LogP contribution >= 0.6 is 0 Å². The van der Waals surface area contributed by atoms with E-state index in [1.807, 2.05) is 0 Å². The van der Waals surface area contributed by atoms with E-state index >= 15 is 0 Å². The zero-order valence-corrected chi connectivity index (χ0v) is 10.3. The lowest BCUT2D eigenvalue weighted by Crippen LogP contribution is -2.49. The van der Waals surface area contributed by atoms with Gasteiger partial charge in [0.2, 0.25) is 5.91 Å². The SMILES string of the molecule is CC1(C)CCN(CC(NC2CC2)C(N)=O)C1. The molecule has 1 atom stereocenters. The Morgan fingerprint density at radius 1 is 1.56 bits per heavy atom. The van der Waals surface area contributed by atoms with E-state index in [0.29, 0.717) is 11.5 Å². The summed E-state index contributed by atoms with van der Waals surface area (Å²) >= 11 is 0. The number of carbonyl (C=O) groups is 1. The van der Waals surface area contributed by atoms with Gasteiger partial charge in [0.1, 0.15) is 0 Å². The molecule has 4 heteroatoms. The maximum absolute atomic E-state index is 11.3. The third kappa shape index (κ3) is 3.19. The Hall–Kier alpha value is -0.610. The van der Waals surface area contributed by atoms with Crippen LogP contribution in [0.2, 0.25) is 0 Å². The van der Waals surface area contributed by atoms with Crippen molar-refractivity contribution in [3.05, 3.63) is 0 Å². The highest BCUT2D eigenvalue weighted by Crippen LogP contribution is 2.29. The van der Waals surface area contributed by atoms with E-state index in [1.54, 1.807) is 0 Å². The molecule has 1 saturated heterocycles. The monoisotopic (exact) mass is 225 g/mol. The van der Waals surface area contributed by atoms with Crippen molar-refractivity contribution in [3.8, 4) is 0 Å². The van der Waals surface area contributed by atoms with Crippen LogP contribution in [0, 0.1) is 5.41 Å². The third-order valence-corrected chi connectivity index (χ3v) is 3.55. The highest BCUT2D eigenvalue weighted by Gasteiger charge is 2.33. The molecule has 4 nitrogen and oxygen atoms in total. The van der Waals surface area contributed by atoms with E-state index in [1.165, 1.54) is 19.3 Å². The predicted octanol–water partition coefficient (Wildman–Crippen LogP) is 0.324. The van der Waals surface area contributed by atoms with Gasteiger partial charge < -0.3 is 16.0 Å². The number of carbonyl (C=O) groups excluding carboxylic acids is 1. The Balaban J connectivity index is 1.83. The maximum atomic E-state index is 11.3. The van der Waals surface area contributed by atoms with E-state index in [9.17, 15) is 4.79 Å². The number of rotatable bonds is 5. The molecule has 1 heterocycles. The van der Waals surface area contributed by atoms with E-state index < -0.39 is 0 Å². The highest BCUT2D eigenvalue weighted by molar-refractivity contribution is 5.80. The zero-order chi connectivity index (χ0) is 11.8. The van der Waals surface area contributed by atoms with Crippen molar-refractivity contribution in [2.45, 2.75) is 45.2 Å². The summed E-state index contributed by atoms with van der Waals surface area (Å²) in [7, 11) is 0. The standard InChI is InChI=1S/C12H23N3O/c1-12(2)5-6-15(8-12)7-10(11(13)16)14-9-3-4-9/h9-10,14H,3-8H2,1-2H3,(H2,13,16). The van der Waals surface area contributed by atoms with E-state index in [4.69, 9.17) is 5.73 Å². The summed E-state index contributed by atoms with van der Waals surface area (Å²) in [5.41, 5.74) is 5.82. The number of primary amides is 1. The Labute approximate surface area is 97.6 Å². The van der Waals surface area contributed by atoms with Crippen molar-refractivity contribution in [3.63, 3.8) is 0 Å². The molecule has 0 aromatic rings. The first-order valence-electron chi connectivity index (χ1n) is 6.24. The van der Waals surface area contributed by atoms with Crippen molar-refractivity contribution in [2.24, 2.45) is 11.1 Å². The van der Waals surface area contributed by atoms with Crippen LogP contribution in [0.3, 0.4) is 0 Å². The van der Waals surface area contributed by atoms with E-state index in [2.05, 4.69) is 24.1 Å². The van der Waals surface area contributed by atoms with Gasteiger partial charge in [-0.2, -0.15) is 0 Å². The lowest BCUT2D eigenvalue weighted by atomic mass is 9.93. The van der Waals surface area contributed by atoms with Crippen molar-refractivity contribution >= 4 is 5.91 Å². The van der Waals surface area contributed by atoms with Gasteiger partial charge in [-0.1, -0.05) is 13.8 Å². The third-order valence-electron chi connectivity index (χ3n) is 3.55. The van der Waals surface area contributed by atoms with Gasteiger partial charge in [-0.15, -0.1) is 0 Å². The van der Waals surface area contributed by atoms with Crippen molar-refractivity contribution in [1.82, 2.24) is 10.2 Å². The smallest absolute Gasteiger partial charge is 0.235 e. The van der Waals surface area contributed by atoms with Crippen LogP contribution in [-0.4, -0.2) is 42.5 Å². The number of likely N-dealkylation sites (tertiary alicyclic amines) is 1. The molecular weight excluding hydrogens is 202 g/mol. The van der Waals surface area contributed by atoms with Crippen molar-refractivity contribution in [2.75, 3.05) is 19.6 Å². The molecule has 0 bridgehead atoms. The summed E-state index contributed by atoms with van der Waals surface area (Å²) < 4.78 is 0. The summed E-state index contributed by atoms with van der Waals surface area (Å²) in [6, 6.07) is 0.370. The largest absolute Gasteiger partial charge is 0.368 e. The van der Waals surface area contributed by atoms with Crippen LogP contribution < -0.4 is 11.1 Å². The molecular formula is C12H23N3O. The molecule has 0 radical (unpaired) electrons. The minimum atomic E-state index is -0.211. The molecule has 2 aliphatic rings. The topological polar surface area (TPSA) is 58.4 Å². The van der Waals surface area contributed by atoms with E-state index in [0.717, 1.165) is 19.6 Å². The summed E-state index contributed by atoms with van der Waals surface area (Å²) in [5, 5.41) is 3.33. The average Bonchev–Trinajstić information content (AvgIpc) is 2.90. The van der Waals surface area contributed by atoms with Gasteiger partial charge in [0.25, 0.3) is 0 Å². The van der Waals surface area contributed by atoms with Crippen LogP contribution in [0.5, 0.6) is 0 Å². The van der Waals surface area contributed by atoms with Crippen LogP contribution in [-0.2, 0) is 4.79 Å². The Bertz CT molecular complexity index is 273. The molecule has 3 N–H and O–H groups in total. The van der Waals surface area contributed by atoms with Gasteiger partial charge >= 0.3 is 0 Å². The van der Waals surface area contributed by atoms with Crippen LogP contribution in [0.15, 0.2) is 0 Å². The fourth-order valence-electron chi connectivity index (χ4n) is 2.40. The maximum Gasteiger partial charge on any atom is 0.235 e. The average molecular weight is 225 g/mol. The molecule has 1 saturated carbocycles.